The van der Waals surface area contributed by atoms with E-state index >= 15 is 0 Å². The SMILES string of the molecule is Cn1ccc(C(=O)NCCN2CC=CCC2)cc1=O. The first-order valence-electron chi connectivity index (χ1n) is 6.49. The Kier molecular flexibility index (Phi) is 4.52. The number of nitrogens with zero attached hydrogens (tertiary/aromatic N) is 2. The summed E-state index contributed by atoms with van der Waals surface area (Å²) in [6.45, 7) is 3.42. The zero-order valence-corrected chi connectivity index (χ0v) is 11.1. The van der Waals surface area contributed by atoms with E-state index in [-0.39, 0.29) is 11.5 Å². The fourth-order valence-corrected chi connectivity index (χ4v) is 2.01. The lowest BCUT2D eigenvalue weighted by molar-refractivity contribution is 0.0948. The topological polar surface area (TPSA) is 54.3 Å². The van der Waals surface area contributed by atoms with Crippen LogP contribution in [0.1, 0.15) is 16.8 Å². The van der Waals surface area contributed by atoms with Crippen molar-refractivity contribution in [2.75, 3.05) is 26.2 Å². The molecule has 102 valence electrons. The van der Waals surface area contributed by atoms with Crippen LogP contribution in [0.3, 0.4) is 0 Å². The molecule has 0 saturated heterocycles. The average molecular weight is 261 g/mol. The Morgan fingerprint density at radius 1 is 1.42 bits per heavy atom. The number of hydrogen-bond donors (Lipinski definition) is 1. The van der Waals surface area contributed by atoms with Crippen LogP contribution >= 0.6 is 0 Å². The van der Waals surface area contributed by atoms with Crippen LogP contribution in [0.15, 0.2) is 35.3 Å². The zero-order chi connectivity index (χ0) is 13.7. The summed E-state index contributed by atoms with van der Waals surface area (Å²) in [6, 6.07) is 3.01. The Hall–Kier alpha value is -1.88. The molecular weight excluding hydrogens is 242 g/mol. The van der Waals surface area contributed by atoms with Gasteiger partial charge in [0, 0.05) is 51.1 Å². The Balaban J connectivity index is 1.82. The van der Waals surface area contributed by atoms with Crippen molar-refractivity contribution in [1.82, 2.24) is 14.8 Å². The molecule has 0 radical (unpaired) electrons. The first-order valence-corrected chi connectivity index (χ1v) is 6.49. The summed E-state index contributed by atoms with van der Waals surface area (Å²) in [5, 5.41) is 2.84. The van der Waals surface area contributed by atoms with Crippen molar-refractivity contribution in [2.45, 2.75) is 6.42 Å². The second kappa shape index (κ2) is 6.33. The number of carbonyl (C=O) groups is 1. The first kappa shape index (κ1) is 13.5. The minimum absolute atomic E-state index is 0.172. The van der Waals surface area contributed by atoms with E-state index in [9.17, 15) is 9.59 Å². The van der Waals surface area contributed by atoms with Gasteiger partial charge in [0.15, 0.2) is 0 Å². The van der Waals surface area contributed by atoms with E-state index in [0.29, 0.717) is 12.1 Å². The van der Waals surface area contributed by atoms with Gasteiger partial charge in [-0.1, -0.05) is 12.2 Å². The fourth-order valence-electron chi connectivity index (χ4n) is 2.01. The van der Waals surface area contributed by atoms with Gasteiger partial charge in [-0.15, -0.1) is 0 Å². The highest BCUT2D eigenvalue weighted by atomic mass is 16.2. The van der Waals surface area contributed by atoms with Gasteiger partial charge in [-0.2, -0.15) is 0 Å². The van der Waals surface area contributed by atoms with E-state index in [1.165, 1.54) is 10.6 Å². The third kappa shape index (κ3) is 3.79. The molecule has 0 aliphatic carbocycles. The van der Waals surface area contributed by atoms with Gasteiger partial charge in [0.05, 0.1) is 0 Å². The Bertz CT molecular complexity index is 534. The van der Waals surface area contributed by atoms with Crippen LogP contribution in [0.4, 0.5) is 0 Å². The van der Waals surface area contributed by atoms with Gasteiger partial charge in [0.2, 0.25) is 0 Å². The molecule has 5 nitrogen and oxygen atoms in total. The molecule has 0 fully saturated rings. The van der Waals surface area contributed by atoms with Gasteiger partial charge in [0.1, 0.15) is 0 Å². The number of hydrogen-bond acceptors (Lipinski definition) is 3. The second-order valence-electron chi connectivity index (χ2n) is 4.68. The number of aromatic nitrogens is 1. The average Bonchev–Trinajstić information content (AvgIpc) is 2.43. The molecule has 2 rings (SSSR count). The summed E-state index contributed by atoms with van der Waals surface area (Å²) in [4.78, 5) is 25.6. The van der Waals surface area contributed by atoms with Gasteiger partial charge < -0.3 is 9.88 Å². The van der Waals surface area contributed by atoms with Crippen LogP contribution in [0, 0.1) is 0 Å². The van der Waals surface area contributed by atoms with E-state index in [1.807, 2.05) is 0 Å². The molecule has 0 spiro atoms. The summed E-state index contributed by atoms with van der Waals surface area (Å²) < 4.78 is 1.44. The molecule has 0 aromatic carbocycles. The third-order valence-electron chi connectivity index (χ3n) is 3.22. The number of aryl methyl sites for hydroxylation is 1. The van der Waals surface area contributed by atoms with E-state index in [0.717, 1.165) is 26.1 Å². The highest BCUT2D eigenvalue weighted by molar-refractivity contribution is 5.93. The van der Waals surface area contributed by atoms with E-state index < -0.39 is 0 Å². The van der Waals surface area contributed by atoms with Crippen molar-refractivity contribution in [3.05, 3.63) is 46.4 Å². The minimum atomic E-state index is -0.190. The van der Waals surface area contributed by atoms with Crippen LogP contribution in [0.5, 0.6) is 0 Å². The van der Waals surface area contributed by atoms with Crippen molar-refractivity contribution in [1.29, 1.82) is 0 Å². The zero-order valence-electron chi connectivity index (χ0n) is 11.1. The van der Waals surface area contributed by atoms with Crippen molar-refractivity contribution < 1.29 is 4.79 Å². The summed E-state index contributed by atoms with van der Waals surface area (Å²) in [6.07, 6.45) is 7.00. The van der Waals surface area contributed by atoms with Gasteiger partial charge >= 0.3 is 0 Å². The van der Waals surface area contributed by atoms with Crippen molar-refractivity contribution in [3.8, 4) is 0 Å². The molecule has 2 heterocycles. The molecule has 1 aromatic heterocycles. The molecule has 0 bridgehead atoms. The van der Waals surface area contributed by atoms with Gasteiger partial charge in [0.25, 0.3) is 11.5 Å². The molecule has 0 unspecified atom stereocenters. The lowest BCUT2D eigenvalue weighted by Gasteiger charge is -2.22. The number of carbonyl (C=O) groups excluding carboxylic acids is 1. The fraction of sp³-hybridized carbons (Fsp3) is 0.429. The minimum Gasteiger partial charge on any atom is -0.351 e. The molecule has 1 aromatic rings. The van der Waals surface area contributed by atoms with Crippen molar-refractivity contribution >= 4 is 5.91 Å². The molecule has 1 aliphatic heterocycles. The summed E-state index contributed by atoms with van der Waals surface area (Å²) in [7, 11) is 1.66. The normalized spacial score (nSPS) is 15.4. The first-order chi connectivity index (χ1) is 9.16. The molecule has 0 saturated carbocycles. The molecule has 1 N–H and O–H groups in total. The Labute approximate surface area is 112 Å². The second-order valence-corrected chi connectivity index (χ2v) is 4.68. The summed E-state index contributed by atoms with van der Waals surface area (Å²) in [5.41, 5.74) is 0.246. The number of amides is 1. The van der Waals surface area contributed by atoms with Gasteiger partial charge in [-0.05, 0) is 12.5 Å². The third-order valence-corrected chi connectivity index (χ3v) is 3.22. The molecule has 19 heavy (non-hydrogen) atoms. The van der Waals surface area contributed by atoms with Crippen LogP contribution < -0.4 is 10.9 Å². The van der Waals surface area contributed by atoms with Crippen LogP contribution in [0.25, 0.3) is 0 Å². The highest BCUT2D eigenvalue weighted by Gasteiger charge is 2.08. The smallest absolute Gasteiger partial charge is 0.251 e. The molecule has 0 atom stereocenters. The molecule has 1 amide bonds. The number of rotatable bonds is 4. The van der Waals surface area contributed by atoms with E-state index in [1.54, 1.807) is 19.3 Å². The standard InChI is InChI=1S/C14H19N3O2/c1-16-9-5-12(11-13(16)18)14(19)15-6-10-17-7-3-2-4-8-17/h2-3,5,9,11H,4,6-8,10H2,1H3,(H,15,19). The van der Waals surface area contributed by atoms with E-state index in [4.69, 9.17) is 0 Å². The highest BCUT2D eigenvalue weighted by Crippen LogP contribution is 1.99. The Morgan fingerprint density at radius 2 is 2.26 bits per heavy atom. The predicted molar refractivity (Wildman–Crippen MR) is 74.2 cm³/mol. The molecule has 1 aliphatic rings. The maximum Gasteiger partial charge on any atom is 0.251 e. The monoisotopic (exact) mass is 261 g/mol. The summed E-state index contributed by atoms with van der Waals surface area (Å²) in [5.74, 6) is -0.190. The maximum atomic E-state index is 11.9. The maximum absolute atomic E-state index is 11.9. The van der Waals surface area contributed by atoms with Crippen LogP contribution in [-0.4, -0.2) is 41.6 Å². The van der Waals surface area contributed by atoms with Crippen LogP contribution in [-0.2, 0) is 7.05 Å². The van der Waals surface area contributed by atoms with Crippen LogP contribution in [0.2, 0.25) is 0 Å². The van der Waals surface area contributed by atoms with E-state index in [2.05, 4.69) is 22.4 Å². The molecule has 5 heteroatoms. The van der Waals surface area contributed by atoms with Crippen molar-refractivity contribution in [3.63, 3.8) is 0 Å². The van der Waals surface area contributed by atoms with Gasteiger partial charge in [-0.3, -0.25) is 14.5 Å². The quantitative estimate of drug-likeness (QED) is 0.797. The number of nitrogens with one attached hydrogen (secondary N) is 1. The largest absolute Gasteiger partial charge is 0.351 e. The lowest BCUT2D eigenvalue weighted by Crippen LogP contribution is -2.36. The predicted octanol–water partition coefficient (Wildman–Crippen LogP) is 0.377. The lowest BCUT2D eigenvalue weighted by atomic mass is 10.2. The van der Waals surface area contributed by atoms with Crippen molar-refractivity contribution in [2.24, 2.45) is 7.05 Å². The summed E-state index contributed by atoms with van der Waals surface area (Å²) >= 11 is 0. The molecular formula is C14H19N3O2. The van der Waals surface area contributed by atoms with Gasteiger partial charge in [-0.25, -0.2) is 0 Å². The number of pyridine rings is 1. The Morgan fingerprint density at radius 3 is 2.95 bits per heavy atom.